The molecule has 0 aliphatic carbocycles. The second-order valence-corrected chi connectivity index (χ2v) is 7.75. The number of nitrogens with zero attached hydrogens (tertiary/aromatic N) is 2. The molecule has 1 atom stereocenters. The van der Waals surface area contributed by atoms with E-state index in [-0.39, 0.29) is 0 Å². The third-order valence-corrected chi connectivity index (χ3v) is 6.07. The smallest absolute Gasteiger partial charge is 0.210 e. The van der Waals surface area contributed by atoms with Gasteiger partial charge < -0.3 is 9.80 Å². The van der Waals surface area contributed by atoms with Gasteiger partial charge >= 0.3 is 0 Å². The maximum Gasteiger partial charge on any atom is 0.210 e. The summed E-state index contributed by atoms with van der Waals surface area (Å²) in [7, 11) is 0.616. The van der Waals surface area contributed by atoms with Crippen LogP contribution in [0.1, 0.15) is 6.92 Å². The van der Waals surface area contributed by atoms with Crippen molar-refractivity contribution < 1.29 is 8.42 Å². The second-order valence-electron chi connectivity index (χ2n) is 5.86. The van der Waals surface area contributed by atoms with Crippen LogP contribution in [-0.4, -0.2) is 40.0 Å². The Hall–Kier alpha value is -1.85. The zero-order chi connectivity index (χ0) is 15.9. The van der Waals surface area contributed by atoms with E-state index in [1.807, 2.05) is 38.4 Å². The number of likely N-dealkylation sites (N-methyl/N-ethyl adjacent to an activating group) is 1. The van der Waals surface area contributed by atoms with Crippen LogP contribution >= 0.6 is 0 Å². The molecule has 3 rings (SSSR count). The van der Waals surface area contributed by atoms with Crippen LogP contribution in [0.3, 0.4) is 0 Å². The van der Waals surface area contributed by atoms with Crippen molar-refractivity contribution in [3.8, 4) is 0 Å². The van der Waals surface area contributed by atoms with Gasteiger partial charge in [-0.2, -0.15) is 0 Å². The summed E-state index contributed by atoms with van der Waals surface area (Å²) in [5, 5.41) is 0. The van der Waals surface area contributed by atoms with E-state index < -0.39 is 9.84 Å². The Balaban J connectivity index is 2.20. The number of sulfone groups is 1. The van der Waals surface area contributed by atoms with E-state index in [2.05, 4.69) is 16.7 Å². The molecule has 0 aromatic heterocycles. The van der Waals surface area contributed by atoms with Crippen LogP contribution in [-0.2, 0) is 9.84 Å². The van der Waals surface area contributed by atoms with E-state index in [1.54, 1.807) is 24.3 Å². The van der Waals surface area contributed by atoms with Crippen LogP contribution in [0.15, 0.2) is 58.3 Å². The maximum absolute atomic E-state index is 12.8. The van der Waals surface area contributed by atoms with Crippen molar-refractivity contribution in [2.24, 2.45) is 0 Å². The van der Waals surface area contributed by atoms with Crippen LogP contribution in [0, 0.1) is 0 Å². The molecule has 0 spiro atoms. The highest BCUT2D eigenvalue weighted by atomic mass is 32.2. The highest BCUT2D eigenvalue weighted by Gasteiger charge is 2.34. The van der Waals surface area contributed by atoms with Crippen LogP contribution < -0.4 is 4.90 Å². The zero-order valence-electron chi connectivity index (χ0n) is 13.0. The summed E-state index contributed by atoms with van der Waals surface area (Å²) in [5.41, 5.74) is 1.52. The lowest BCUT2D eigenvalue weighted by Crippen LogP contribution is -2.38. The minimum absolute atomic E-state index is 0.293. The van der Waals surface area contributed by atoms with Gasteiger partial charge in [-0.25, -0.2) is 8.42 Å². The monoisotopic (exact) mass is 316 g/mol. The van der Waals surface area contributed by atoms with Crippen molar-refractivity contribution >= 4 is 21.2 Å². The van der Waals surface area contributed by atoms with Gasteiger partial charge in [-0.1, -0.05) is 24.3 Å². The highest BCUT2D eigenvalue weighted by molar-refractivity contribution is 7.92. The second kappa shape index (κ2) is 5.41. The van der Waals surface area contributed by atoms with Gasteiger partial charge in [-0.05, 0) is 45.3 Å². The minimum Gasteiger partial charge on any atom is -0.338 e. The van der Waals surface area contributed by atoms with Gasteiger partial charge in [0.05, 0.1) is 21.2 Å². The van der Waals surface area contributed by atoms with Crippen LogP contribution in [0.25, 0.3) is 0 Å². The van der Waals surface area contributed by atoms with Gasteiger partial charge in [-0.3, -0.25) is 0 Å². The molecule has 0 radical (unpaired) electrons. The standard InChI is InChI=1S/C17H20N2O2S/c1-13(18(2)3)12-19-14-8-4-6-10-16(14)22(20,21)17-11-7-5-9-15(17)19/h4-11,13H,12H2,1-3H3/t13-/m0/s1. The Morgan fingerprint density at radius 3 is 1.86 bits per heavy atom. The Morgan fingerprint density at radius 1 is 0.955 bits per heavy atom. The lowest BCUT2D eigenvalue weighted by molar-refractivity contribution is 0.319. The number of hydrogen-bond donors (Lipinski definition) is 0. The molecule has 2 aromatic carbocycles. The molecule has 0 unspecified atom stereocenters. The first-order chi connectivity index (χ1) is 10.4. The van der Waals surface area contributed by atoms with Gasteiger partial charge in [0, 0.05) is 12.6 Å². The third kappa shape index (κ3) is 2.30. The summed E-state index contributed by atoms with van der Waals surface area (Å²) in [6.45, 7) is 2.87. The molecule has 1 aliphatic rings. The molecule has 0 N–H and O–H groups in total. The molecule has 0 saturated carbocycles. The van der Waals surface area contributed by atoms with E-state index in [1.165, 1.54) is 0 Å². The maximum atomic E-state index is 12.8. The summed E-state index contributed by atoms with van der Waals surface area (Å²) in [5.74, 6) is 0. The molecule has 5 heteroatoms. The van der Waals surface area contributed by atoms with Crippen molar-refractivity contribution in [2.45, 2.75) is 22.8 Å². The molecule has 2 aromatic rings. The number of benzene rings is 2. The Bertz CT molecular complexity index is 746. The van der Waals surface area contributed by atoms with Crippen molar-refractivity contribution in [2.75, 3.05) is 25.5 Å². The van der Waals surface area contributed by atoms with E-state index in [9.17, 15) is 8.42 Å². The zero-order valence-corrected chi connectivity index (χ0v) is 13.8. The number of rotatable bonds is 3. The summed E-state index contributed by atoms with van der Waals surface area (Å²) >= 11 is 0. The number of fused-ring (bicyclic) bond motifs is 2. The van der Waals surface area contributed by atoms with Gasteiger partial charge in [0.15, 0.2) is 0 Å². The number of para-hydroxylation sites is 2. The van der Waals surface area contributed by atoms with Crippen LogP contribution in [0.2, 0.25) is 0 Å². The molecule has 0 amide bonds. The fraction of sp³-hybridized carbons (Fsp3) is 0.294. The van der Waals surface area contributed by atoms with Crippen molar-refractivity contribution in [1.29, 1.82) is 0 Å². The SMILES string of the molecule is C[C@@H](CN1c2ccccc2S(=O)(=O)c2ccccc21)N(C)C. The minimum atomic E-state index is -3.45. The number of anilines is 2. The van der Waals surface area contributed by atoms with Crippen LogP contribution in [0.5, 0.6) is 0 Å². The Labute approximate surface area is 131 Å². The molecule has 1 aliphatic heterocycles. The summed E-state index contributed by atoms with van der Waals surface area (Å²) in [6, 6.07) is 14.8. The molecule has 4 nitrogen and oxygen atoms in total. The van der Waals surface area contributed by atoms with E-state index in [0.717, 1.165) is 17.9 Å². The van der Waals surface area contributed by atoms with Crippen molar-refractivity contribution in [3.05, 3.63) is 48.5 Å². The lowest BCUT2D eigenvalue weighted by atomic mass is 10.2. The van der Waals surface area contributed by atoms with E-state index in [4.69, 9.17) is 0 Å². The summed E-state index contributed by atoms with van der Waals surface area (Å²) in [6.07, 6.45) is 0. The normalized spacial score (nSPS) is 17.0. The number of hydrogen-bond acceptors (Lipinski definition) is 4. The molecule has 0 saturated heterocycles. The Morgan fingerprint density at radius 2 is 1.41 bits per heavy atom. The predicted molar refractivity (Wildman–Crippen MR) is 88.5 cm³/mol. The molecule has 0 bridgehead atoms. The quantitative estimate of drug-likeness (QED) is 0.873. The molecule has 22 heavy (non-hydrogen) atoms. The highest BCUT2D eigenvalue weighted by Crippen LogP contribution is 2.43. The lowest BCUT2D eigenvalue weighted by Gasteiger charge is -2.36. The average molecular weight is 316 g/mol. The van der Waals surface area contributed by atoms with E-state index in [0.29, 0.717) is 15.8 Å². The van der Waals surface area contributed by atoms with Crippen LogP contribution in [0.4, 0.5) is 11.4 Å². The van der Waals surface area contributed by atoms with E-state index >= 15 is 0 Å². The first kappa shape index (κ1) is 15.1. The summed E-state index contributed by atoms with van der Waals surface area (Å²) < 4.78 is 25.6. The molecule has 1 heterocycles. The largest absolute Gasteiger partial charge is 0.338 e. The predicted octanol–water partition coefficient (Wildman–Crippen LogP) is 2.92. The molecule has 116 valence electrons. The van der Waals surface area contributed by atoms with Gasteiger partial charge in [-0.15, -0.1) is 0 Å². The van der Waals surface area contributed by atoms with Crippen molar-refractivity contribution in [1.82, 2.24) is 4.90 Å². The Kier molecular flexibility index (Phi) is 3.70. The third-order valence-electron chi connectivity index (χ3n) is 4.22. The van der Waals surface area contributed by atoms with Gasteiger partial charge in [0.2, 0.25) is 9.84 Å². The first-order valence-electron chi connectivity index (χ1n) is 7.30. The molecule has 0 fully saturated rings. The molecular weight excluding hydrogens is 296 g/mol. The van der Waals surface area contributed by atoms with Gasteiger partial charge in [0.25, 0.3) is 0 Å². The van der Waals surface area contributed by atoms with Gasteiger partial charge in [0.1, 0.15) is 0 Å². The fourth-order valence-corrected chi connectivity index (χ4v) is 4.35. The average Bonchev–Trinajstić information content (AvgIpc) is 2.51. The fourth-order valence-electron chi connectivity index (χ4n) is 2.69. The first-order valence-corrected chi connectivity index (χ1v) is 8.78. The summed E-state index contributed by atoms with van der Waals surface area (Å²) in [4.78, 5) is 5.02. The topological polar surface area (TPSA) is 40.6 Å². The van der Waals surface area contributed by atoms with Crippen molar-refractivity contribution in [3.63, 3.8) is 0 Å². The molecular formula is C17H20N2O2S.